The highest BCUT2D eigenvalue weighted by Gasteiger charge is 2.69. The fourth-order valence-electron chi connectivity index (χ4n) is 4.34. The number of alkyl halides is 3. The molecule has 8 heteroatoms. The van der Waals surface area contributed by atoms with E-state index in [0.29, 0.717) is 18.6 Å². The molecule has 1 saturated carbocycles. The fraction of sp³-hybridized carbons (Fsp3) is 0.600. The molecule has 1 amide bonds. The largest absolute Gasteiger partial charge is 0.483 e. The Morgan fingerprint density at radius 2 is 1.89 bits per heavy atom. The van der Waals surface area contributed by atoms with Crippen molar-refractivity contribution in [2.75, 3.05) is 6.61 Å². The molecular weight excluding hydrogens is 373 g/mol. The first-order valence-electron chi connectivity index (χ1n) is 9.38. The van der Waals surface area contributed by atoms with Crippen LogP contribution < -0.4 is 4.74 Å². The zero-order valence-electron chi connectivity index (χ0n) is 16.4. The predicted octanol–water partition coefficient (Wildman–Crippen LogP) is 3.88. The van der Waals surface area contributed by atoms with Crippen LogP contribution in [0.3, 0.4) is 0 Å². The molecule has 1 heterocycles. The lowest BCUT2D eigenvalue weighted by Gasteiger charge is -2.38. The van der Waals surface area contributed by atoms with Gasteiger partial charge in [0.25, 0.3) is 11.6 Å². The molecule has 2 aliphatic rings. The first-order chi connectivity index (χ1) is 13.0. The van der Waals surface area contributed by atoms with Crippen molar-refractivity contribution in [3.05, 3.63) is 28.8 Å². The fourth-order valence-corrected chi connectivity index (χ4v) is 4.34. The monoisotopic (exact) mass is 398 g/mol. The first-order valence-corrected chi connectivity index (χ1v) is 9.38. The van der Waals surface area contributed by atoms with Gasteiger partial charge >= 0.3 is 6.18 Å². The van der Waals surface area contributed by atoms with Gasteiger partial charge in [0, 0.05) is 5.71 Å². The lowest BCUT2D eigenvalue weighted by Crippen LogP contribution is -2.62. The van der Waals surface area contributed by atoms with Crippen LogP contribution in [0.5, 0.6) is 5.75 Å². The van der Waals surface area contributed by atoms with Crippen molar-refractivity contribution in [1.82, 2.24) is 5.01 Å². The quantitative estimate of drug-likeness (QED) is 0.841. The molecule has 28 heavy (non-hydrogen) atoms. The van der Waals surface area contributed by atoms with Gasteiger partial charge in [0.05, 0.1) is 5.92 Å². The minimum Gasteiger partial charge on any atom is -0.483 e. The number of ether oxygens (including phenoxy) is 1. The number of aliphatic hydroxyl groups is 1. The molecule has 1 aromatic rings. The highest BCUT2D eigenvalue weighted by Crippen LogP contribution is 2.49. The number of fused-ring (bicyclic) bond motifs is 1. The number of amides is 1. The third-order valence-corrected chi connectivity index (χ3v) is 5.61. The standard InChI is InChI=1S/C20H25F3N2O3/c1-11-8-13(3)18(14(4)9-11)28-10-16(26)25-19(27,20(21,22)23)15-7-5-6-12(2)17(15)24-25/h8-9,12,15,27H,5-7,10H2,1-4H3/t12-,15-,19-/m1/s1. The zero-order valence-corrected chi connectivity index (χ0v) is 16.4. The van der Waals surface area contributed by atoms with Crippen LogP contribution in [0.25, 0.3) is 0 Å². The normalized spacial score (nSPS) is 27.4. The van der Waals surface area contributed by atoms with Crippen molar-refractivity contribution in [3.63, 3.8) is 0 Å². The number of carbonyl (C=O) groups excluding carboxylic acids is 1. The van der Waals surface area contributed by atoms with E-state index in [1.54, 1.807) is 20.8 Å². The number of nitrogens with zero attached hydrogens (tertiary/aromatic N) is 2. The summed E-state index contributed by atoms with van der Waals surface area (Å²) in [6.45, 7) is 6.66. The maximum atomic E-state index is 13.8. The molecule has 154 valence electrons. The third-order valence-electron chi connectivity index (χ3n) is 5.61. The van der Waals surface area contributed by atoms with Crippen LogP contribution in [-0.4, -0.2) is 40.2 Å². The lowest BCUT2D eigenvalue weighted by atomic mass is 9.75. The van der Waals surface area contributed by atoms with Crippen LogP contribution in [0, 0.1) is 32.6 Å². The second-order valence-electron chi connectivity index (χ2n) is 7.86. The summed E-state index contributed by atoms with van der Waals surface area (Å²) in [5.74, 6) is -2.02. The molecule has 3 rings (SSSR count). The van der Waals surface area contributed by atoms with Gasteiger partial charge in [-0.2, -0.15) is 23.3 Å². The summed E-state index contributed by atoms with van der Waals surface area (Å²) in [6, 6.07) is 3.73. The van der Waals surface area contributed by atoms with E-state index in [-0.39, 0.29) is 23.1 Å². The molecule has 0 unspecified atom stereocenters. The van der Waals surface area contributed by atoms with Gasteiger partial charge in [0.2, 0.25) is 0 Å². The van der Waals surface area contributed by atoms with Gasteiger partial charge in [-0.15, -0.1) is 0 Å². The number of rotatable bonds is 3. The van der Waals surface area contributed by atoms with Gasteiger partial charge in [0.1, 0.15) is 5.75 Å². The smallest absolute Gasteiger partial charge is 0.439 e. The summed E-state index contributed by atoms with van der Waals surface area (Å²) in [6.07, 6.45) is -3.65. The van der Waals surface area contributed by atoms with Crippen molar-refractivity contribution >= 4 is 11.6 Å². The molecule has 1 fully saturated rings. The van der Waals surface area contributed by atoms with Crippen molar-refractivity contribution in [2.45, 2.75) is 58.9 Å². The van der Waals surface area contributed by atoms with Crippen molar-refractivity contribution in [3.8, 4) is 5.75 Å². The van der Waals surface area contributed by atoms with E-state index < -0.39 is 30.3 Å². The van der Waals surface area contributed by atoms with Crippen LogP contribution in [0.4, 0.5) is 13.2 Å². The Bertz CT molecular complexity index is 798. The Labute approximate surface area is 162 Å². The summed E-state index contributed by atoms with van der Waals surface area (Å²) in [5, 5.41) is 14.8. The Kier molecular flexibility index (Phi) is 5.20. The van der Waals surface area contributed by atoms with Gasteiger partial charge in [-0.3, -0.25) is 4.79 Å². The van der Waals surface area contributed by atoms with E-state index in [2.05, 4.69) is 5.10 Å². The summed E-state index contributed by atoms with van der Waals surface area (Å²) < 4.78 is 47.0. The summed E-state index contributed by atoms with van der Waals surface area (Å²) in [5.41, 5.74) is -0.501. The molecule has 1 aliphatic heterocycles. The molecule has 1 aromatic carbocycles. The minimum absolute atomic E-state index is 0.139. The molecule has 0 saturated heterocycles. The second-order valence-corrected chi connectivity index (χ2v) is 7.86. The molecule has 0 spiro atoms. The van der Waals surface area contributed by atoms with E-state index >= 15 is 0 Å². The van der Waals surface area contributed by atoms with Gasteiger partial charge in [-0.1, -0.05) is 31.0 Å². The SMILES string of the molecule is Cc1cc(C)c(OCC(=O)N2N=C3[C@H](C)CCC[C@H]3[C@@]2(O)C(F)(F)F)c(C)c1. The average molecular weight is 398 g/mol. The predicted molar refractivity (Wildman–Crippen MR) is 97.9 cm³/mol. The van der Waals surface area contributed by atoms with Gasteiger partial charge in [-0.05, 0) is 50.7 Å². The second kappa shape index (κ2) is 7.06. The Morgan fingerprint density at radius 1 is 1.29 bits per heavy atom. The number of hydrogen-bond donors (Lipinski definition) is 1. The summed E-state index contributed by atoms with van der Waals surface area (Å²) in [7, 11) is 0. The Hall–Kier alpha value is -2.09. The number of carbonyl (C=O) groups is 1. The molecule has 0 radical (unpaired) electrons. The number of hydrazone groups is 1. The van der Waals surface area contributed by atoms with Gasteiger partial charge < -0.3 is 9.84 Å². The van der Waals surface area contributed by atoms with Crippen LogP contribution in [0.2, 0.25) is 0 Å². The van der Waals surface area contributed by atoms with Crippen molar-refractivity contribution < 1.29 is 27.8 Å². The van der Waals surface area contributed by atoms with Crippen LogP contribution >= 0.6 is 0 Å². The number of benzene rings is 1. The van der Waals surface area contributed by atoms with Crippen LogP contribution in [0.1, 0.15) is 42.9 Å². The van der Waals surface area contributed by atoms with Crippen LogP contribution in [-0.2, 0) is 4.79 Å². The van der Waals surface area contributed by atoms with Crippen LogP contribution in [0.15, 0.2) is 17.2 Å². The number of hydrogen-bond acceptors (Lipinski definition) is 4. The van der Waals surface area contributed by atoms with E-state index in [9.17, 15) is 23.1 Å². The molecule has 5 nitrogen and oxygen atoms in total. The lowest BCUT2D eigenvalue weighted by molar-refractivity contribution is -0.317. The maximum Gasteiger partial charge on any atom is 0.439 e. The van der Waals surface area contributed by atoms with Crippen molar-refractivity contribution in [1.29, 1.82) is 0 Å². The number of halogens is 3. The van der Waals surface area contributed by atoms with Gasteiger partial charge in [-0.25, -0.2) is 0 Å². The number of aryl methyl sites for hydroxylation is 3. The van der Waals surface area contributed by atoms with E-state index in [1.807, 2.05) is 19.1 Å². The average Bonchev–Trinajstić information content (AvgIpc) is 2.89. The van der Waals surface area contributed by atoms with E-state index in [4.69, 9.17) is 4.74 Å². The molecule has 0 bridgehead atoms. The summed E-state index contributed by atoms with van der Waals surface area (Å²) >= 11 is 0. The zero-order chi connectivity index (χ0) is 20.9. The topological polar surface area (TPSA) is 62.1 Å². The van der Waals surface area contributed by atoms with Gasteiger partial charge in [0.15, 0.2) is 6.61 Å². The molecular formula is C20H25F3N2O3. The summed E-state index contributed by atoms with van der Waals surface area (Å²) in [4.78, 5) is 12.7. The molecule has 1 aliphatic carbocycles. The van der Waals surface area contributed by atoms with E-state index in [1.165, 1.54) is 0 Å². The third kappa shape index (κ3) is 3.27. The maximum absolute atomic E-state index is 13.8. The Balaban J connectivity index is 1.87. The Morgan fingerprint density at radius 3 is 2.46 bits per heavy atom. The molecule has 3 atom stereocenters. The first kappa shape index (κ1) is 20.6. The van der Waals surface area contributed by atoms with E-state index in [0.717, 1.165) is 16.7 Å². The highest BCUT2D eigenvalue weighted by atomic mass is 19.4. The minimum atomic E-state index is -5.02. The molecule has 1 N–H and O–H groups in total. The highest BCUT2D eigenvalue weighted by molar-refractivity contribution is 5.95. The molecule has 0 aromatic heterocycles. The van der Waals surface area contributed by atoms with Crippen molar-refractivity contribution in [2.24, 2.45) is 16.9 Å².